The van der Waals surface area contributed by atoms with E-state index in [-0.39, 0.29) is 38.6 Å². The van der Waals surface area contributed by atoms with E-state index in [1.54, 1.807) is 30.5 Å². The van der Waals surface area contributed by atoms with Crippen molar-refractivity contribution in [3.8, 4) is 0 Å². The molecule has 1 aliphatic rings. The summed E-state index contributed by atoms with van der Waals surface area (Å²) in [6.07, 6.45) is -5.56. The van der Waals surface area contributed by atoms with E-state index in [0.29, 0.717) is 16.5 Å². The Hall–Kier alpha value is -8.78. The zero-order chi connectivity index (χ0) is 58.6. The Morgan fingerprint density at radius 3 is 1.72 bits per heavy atom. The van der Waals surface area contributed by atoms with Crippen LogP contribution in [-0.4, -0.2) is 192 Å². The van der Waals surface area contributed by atoms with Gasteiger partial charge in [-0.15, -0.1) is 0 Å². The highest BCUT2D eigenvalue weighted by Crippen LogP contribution is 2.22. The highest BCUT2D eigenvalue weighted by Gasteiger charge is 2.41. The minimum atomic E-state index is -2.06. The highest BCUT2D eigenvalue weighted by molar-refractivity contribution is 6.00. The van der Waals surface area contributed by atoms with Crippen LogP contribution in [0.2, 0.25) is 0 Å². The Bertz CT molecular complexity index is 2590. The first kappa shape index (κ1) is 63.5. The van der Waals surface area contributed by atoms with Crippen LogP contribution in [0, 0.1) is 0 Å². The SMILES string of the molecule is CC(O)C(NC(=O)C(Cc1c[nH]c2ccccc12)NC(=O)C1CCCN1C(=O)C(CC(=O)O)NC(=O)C(CCC(=O)O)NC(=O)C(CC(N)=O)NC(=O)C(CO)NC(=O)C(CCC(N)=O)NC(=O)C(N)CCC(N)=O)C(=O)O. The van der Waals surface area contributed by atoms with Crippen molar-refractivity contribution in [1.29, 1.82) is 0 Å². The molecule has 10 atom stereocenters. The Balaban J connectivity index is 1.86. The number of H-pyrrole nitrogens is 1. The minimum Gasteiger partial charge on any atom is -0.481 e. The van der Waals surface area contributed by atoms with Gasteiger partial charge in [0.1, 0.15) is 42.3 Å². The summed E-state index contributed by atoms with van der Waals surface area (Å²) in [5.41, 5.74) is 22.5. The fourth-order valence-electron chi connectivity index (χ4n) is 8.01. The average Bonchev–Trinajstić information content (AvgIpc) is 4.04. The quantitative estimate of drug-likeness (QED) is 0.0316. The van der Waals surface area contributed by atoms with Crippen molar-refractivity contribution in [2.24, 2.45) is 22.9 Å². The number of hydrogen-bond acceptors (Lipinski definition) is 17. The van der Waals surface area contributed by atoms with E-state index >= 15 is 0 Å². The second-order valence-electron chi connectivity index (χ2n) is 18.2. The number of aliphatic hydroxyl groups is 2. The van der Waals surface area contributed by atoms with Crippen LogP contribution >= 0.6 is 0 Å². The van der Waals surface area contributed by atoms with Crippen LogP contribution in [0.15, 0.2) is 30.5 Å². The molecule has 32 heteroatoms. The van der Waals surface area contributed by atoms with Gasteiger partial charge in [0, 0.05) is 49.3 Å². The lowest BCUT2D eigenvalue weighted by atomic mass is 10.0. The van der Waals surface area contributed by atoms with Gasteiger partial charge in [-0.05, 0) is 50.7 Å². The molecule has 11 amide bonds. The Labute approximate surface area is 442 Å². The molecule has 3 rings (SSSR count). The molecule has 32 nitrogen and oxygen atoms in total. The van der Waals surface area contributed by atoms with Crippen LogP contribution < -0.4 is 60.2 Å². The molecule has 1 aromatic carbocycles. The second-order valence-corrected chi connectivity index (χ2v) is 18.2. The third-order valence-corrected chi connectivity index (χ3v) is 12.1. The van der Waals surface area contributed by atoms with Gasteiger partial charge in [-0.3, -0.25) is 62.3 Å². The maximum atomic E-state index is 14.2. The van der Waals surface area contributed by atoms with Crippen LogP contribution in [0.3, 0.4) is 0 Å². The number of likely N-dealkylation sites (tertiary alicyclic amines) is 1. The number of rotatable bonds is 33. The number of para-hydroxylation sites is 1. The van der Waals surface area contributed by atoms with Gasteiger partial charge in [0.15, 0.2) is 6.04 Å². The maximum absolute atomic E-state index is 14.2. The van der Waals surface area contributed by atoms with E-state index in [4.69, 9.17) is 22.9 Å². The molecule has 78 heavy (non-hydrogen) atoms. The van der Waals surface area contributed by atoms with E-state index in [2.05, 4.69) is 36.9 Å². The molecule has 2 heterocycles. The van der Waals surface area contributed by atoms with E-state index in [1.165, 1.54) is 0 Å². The number of carbonyl (C=O) groups is 14. The summed E-state index contributed by atoms with van der Waals surface area (Å²) in [4.78, 5) is 184. The topological polar surface area (TPSA) is 547 Å². The van der Waals surface area contributed by atoms with Gasteiger partial charge < -0.3 is 95.6 Å². The van der Waals surface area contributed by atoms with E-state index in [9.17, 15) is 92.7 Å². The number of benzene rings is 1. The summed E-state index contributed by atoms with van der Waals surface area (Å²) < 4.78 is 0. The van der Waals surface area contributed by atoms with Crippen LogP contribution in [0.4, 0.5) is 0 Å². The fraction of sp³-hybridized carbons (Fsp3) is 0.522. The number of carboxylic acid groups (broad SMARTS) is 3. The number of nitrogens with zero attached hydrogens (tertiary/aromatic N) is 1. The second kappa shape index (κ2) is 30.1. The van der Waals surface area contributed by atoms with Crippen molar-refractivity contribution in [2.45, 2.75) is 138 Å². The molecule has 0 bridgehead atoms. The average molecular weight is 1100 g/mol. The van der Waals surface area contributed by atoms with Crippen molar-refractivity contribution in [3.05, 3.63) is 36.0 Å². The lowest BCUT2D eigenvalue weighted by Gasteiger charge is -2.30. The number of aromatic amines is 1. The predicted molar refractivity (Wildman–Crippen MR) is 264 cm³/mol. The highest BCUT2D eigenvalue weighted by atomic mass is 16.4. The molecule has 428 valence electrons. The number of carboxylic acids is 3. The van der Waals surface area contributed by atoms with Gasteiger partial charge in [0.2, 0.25) is 65.0 Å². The normalized spacial score (nSPS) is 16.5. The van der Waals surface area contributed by atoms with Crippen molar-refractivity contribution in [3.63, 3.8) is 0 Å². The molecule has 0 radical (unpaired) electrons. The monoisotopic (exact) mass is 1100 g/mol. The zero-order valence-electron chi connectivity index (χ0n) is 42.1. The van der Waals surface area contributed by atoms with Crippen LogP contribution in [-0.2, 0) is 73.5 Å². The molecule has 10 unspecified atom stereocenters. The van der Waals surface area contributed by atoms with Gasteiger partial charge >= 0.3 is 17.9 Å². The van der Waals surface area contributed by atoms with Crippen molar-refractivity contribution >= 4 is 93.8 Å². The van der Waals surface area contributed by atoms with Gasteiger partial charge in [0.05, 0.1) is 31.6 Å². The number of carbonyl (C=O) groups excluding carboxylic acids is 11. The number of amides is 11. The lowest BCUT2D eigenvalue weighted by molar-refractivity contribution is -0.146. The number of nitrogens with two attached hydrogens (primary N) is 4. The molecule has 0 spiro atoms. The Morgan fingerprint density at radius 1 is 0.628 bits per heavy atom. The largest absolute Gasteiger partial charge is 0.481 e. The molecule has 1 saturated heterocycles. The zero-order valence-corrected chi connectivity index (χ0v) is 42.1. The summed E-state index contributed by atoms with van der Waals surface area (Å²) in [6, 6.07) is -8.95. The summed E-state index contributed by atoms with van der Waals surface area (Å²) in [5.74, 6) is -17.3. The predicted octanol–water partition coefficient (Wildman–Crippen LogP) is -7.37. The molecule has 1 aliphatic heterocycles. The lowest BCUT2D eigenvalue weighted by Crippen LogP contribution is -2.61. The summed E-state index contributed by atoms with van der Waals surface area (Å²) in [7, 11) is 0. The summed E-state index contributed by atoms with van der Waals surface area (Å²) in [5, 5.41) is 65.1. The van der Waals surface area contributed by atoms with Crippen molar-refractivity contribution < 1.29 is 92.7 Å². The Morgan fingerprint density at radius 2 is 1.15 bits per heavy atom. The van der Waals surface area contributed by atoms with Gasteiger partial charge in [-0.2, -0.15) is 0 Å². The molecule has 1 fully saturated rings. The molecule has 21 N–H and O–H groups in total. The fourth-order valence-corrected chi connectivity index (χ4v) is 8.01. The van der Waals surface area contributed by atoms with Gasteiger partial charge in [-0.1, -0.05) is 18.2 Å². The molecule has 2 aromatic rings. The molecular weight excluding hydrogens is 1040 g/mol. The van der Waals surface area contributed by atoms with E-state index in [1.807, 2.05) is 5.32 Å². The maximum Gasteiger partial charge on any atom is 0.328 e. The van der Waals surface area contributed by atoms with Crippen molar-refractivity contribution in [1.82, 2.24) is 47.1 Å². The first-order chi connectivity index (χ1) is 36.6. The number of aliphatic carboxylic acids is 3. The Kier molecular flexibility index (Phi) is 24.5. The number of primary amides is 3. The third kappa shape index (κ3) is 19.7. The van der Waals surface area contributed by atoms with Gasteiger partial charge in [-0.25, -0.2) is 4.79 Å². The van der Waals surface area contributed by atoms with Crippen molar-refractivity contribution in [2.75, 3.05) is 13.2 Å². The van der Waals surface area contributed by atoms with E-state index < -0.39 is 188 Å². The molecule has 0 aliphatic carbocycles. The minimum absolute atomic E-state index is 0.0654. The molecule has 1 aromatic heterocycles. The standard InChI is InChI=1S/C46H65N13O19/c1-20(61)37(46(77)78)58-42(73)27(15-21-18-51-24-6-3-2-5-22(21)24)55-44(75)31-7-4-14-59(31)45(76)29(17-36(67)68)56-39(70)26(10-13-35(65)66)53-41(72)28(16-34(50)64)54-43(74)30(19-60)57-40(71)25(9-12-33(49)63)52-38(69)23(47)8-11-32(48)62/h2-3,5-6,18,20,23,25-31,37,51,60-61H,4,7-17,19,47H2,1H3,(H2,48,62)(H2,49,63)(H2,50,64)(H,52,69)(H,53,72)(H,54,74)(H,55,75)(H,56,70)(H,57,71)(H,58,73)(H,65,66)(H,67,68)(H,77,78). The number of hydrogen-bond donors (Lipinski definition) is 17. The number of aliphatic hydroxyl groups excluding tert-OH is 2. The first-order valence-corrected chi connectivity index (χ1v) is 24.2. The first-order valence-electron chi connectivity index (χ1n) is 24.2. The number of nitrogens with one attached hydrogen (secondary N) is 8. The van der Waals surface area contributed by atoms with Gasteiger partial charge in [0.25, 0.3) is 0 Å². The van der Waals surface area contributed by atoms with Crippen LogP contribution in [0.5, 0.6) is 0 Å². The summed E-state index contributed by atoms with van der Waals surface area (Å²) >= 11 is 0. The molecule has 0 saturated carbocycles. The number of fused-ring (bicyclic) bond motifs is 1. The van der Waals surface area contributed by atoms with E-state index in [0.717, 1.165) is 11.8 Å². The summed E-state index contributed by atoms with van der Waals surface area (Å²) in [6.45, 7) is -0.302. The third-order valence-electron chi connectivity index (χ3n) is 12.1. The molecular formula is C46H65N13O19. The smallest absolute Gasteiger partial charge is 0.328 e. The number of aromatic nitrogens is 1. The van der Waals surface area contributed by atoms with Crippen LogP contribution in [0.1, 0.15) is 76.7 Å². The van der Waals surface area contributed by atoms with Crippen LogP contribution in [0.25, 0.3) is 10.9 Å².